The molecule has 1 amide bonds. The summed E-state index contributed by atoms with van der Waals surface area (Å²) in [4.78, 5) is 33.1. The molecule has 0 aliphatic carbocycles. The molecule has 2 aromatic carbocycles. The number of carbonyl (C=O) groups excluding carboxylic acids is 2. The molecule has 1 atom stereocenters. The van der Waals surface area contributed by atoms with Gasteiger partial charge in [-0.3, -0.25) is 18.9 Å². The van der Waals surface area contributed by atoms with Gasteiger partial charge in [0, 0.05) is 11.9 Å². The molecule has 1 aliphatic rings. The summed E-state index contributed by atoms with van der Waals surface area (Å²) in [6.07, 6.45) is 2.58. The smallest absolute Gasteiger partial charge is 0.301 e. The molecule has 1 aliphatic heterocycles. The van der Waals surface area contributed by atoms with Crippen molar-refractivity contribution in [3.8, 4) is 5.75 Å². The molecule has 0 spiro atoms. The topological polar surface area (TPSA) is 110 Å². The minimum absolute atomic E-state index is 0.0864. The Morgan fingerprint density at radius 2 is 1.84 bits per heavy atom. The second-order valence-corrected chi connectivity index (χ2v) is 12.0. The van der Waals surface area contributed by atoms with Gasteiger partial charge in [-0.25, -0.2) is 9.37 Å². The lowest BCUT2D eigenvalue weighted by molar-refractivity contribution is -0.132. The second kappa shape index (κ2) is 12.0. The Hall–Kier alpha value is -4.55. The van der Waals surface area contributed by atoms with Gasteiger partial charge in [0.25, 0.3) is 5.78 Å². The quantitative estimate of drug-likeness (QED) is 0.0673. The van der Waals surface area contributed by atoms with E-state index < -0.39 is 17.7 Å². The zero-order valence-electron chi connectivity index (χ0n) is 23.2. The second-order valence-electron chi connectivity index (χ2n) is 9.79. The average Bonchev–Trinajstić information content (AvgIpc) is 3.69. The molecule has 5 aromatic rings. The molecule has 3 aromatic heterocycles. The van der Waals surface area contributed by atoms with Gasteiger partial charge in [0.1, 0.15) is 22.9 Å². The maximum absolute atomic E-state index is 14.2. The highest BCUT2D eigenvalue weighted by Crippen LogP contribution is 2.44. The van der Waals surface area contributed by atoms with E-state index in [1.165, 1.54) is 22.7 Å². The lowest BCUT2D eigenvalue weighted by Crippen LogP contribution is -2.29. The first-order valence-electron chi connectivity index (χ1n) is 13.5. The van der Waals surface area contributed by atoms with Gasteiger partial charge in [0.05, 0.1) is 23.9 Å². The summed E-state index contributed by atoms with van der Waals surface area (Å²) < 4.78 is 22.1. The Labute approximate surface area is 254 Å². The van der Waals surface area contributed by atoms with E-state index in [0.717, 1.165) is 17.8 Å². The van der Waals surface area contributed by atoms with Crippen molar-refractivity contribution in [2.45, 2.75) is 36.4 Å². The van der Waals surface area contributed by atoms with Crippen molar-refractivity contribution in [3.05, 3.63) is 107 Å². The lowest BCUT2D eigenvalue weighted by atomic mass is 9.96. The summed E-state index contributed by atoms with van der Waals surface area (Å²) in [6, 6.07) is 17.9. The number of ether oxygens (including phenoxy) is 1. The Morgan fingerprint density at radius 3 is 2.60 bits per heavy atom. The highest BCUT2D eigenvalue weighted by atomic mass is 32.2. The molecule has 0 saturated carbocycles. The molecule has 43 heavy (non-hydrogen) atoms. The van der Waals surface area contributed by atoms with Crippen molar-refractivity contribution in [2.24, 2.45) is 0 Å². The largest absolute Gasteiger partial charge is 0.505 e. The summed E-state index contributed by atoms with van der Waals surface area (Å²) in [5, 5.41) is 20.3. The number of aromatic nitrogens is 4. The Kier molecular flexibility index (Phi) is 7.96. The molecule has 218 valence electrons. The number of anilines is 1. The molecule has 0 bridgehead atoms. The maximum atomic E-state index is 14.2. The minimum Gasteiger partial charge on any atom is -0.505 e. The number of Topliss-reactive ketones (excluding diaryl/α,β-unsaturated/α-hetero) is 1. The monoisotopic (exact) mass is 615 g/mol. The summed E-state index contributed by atoms with van der Waals surface area (Å²) in [7, 11) is 0. The molecule has 9 nitrogen and oxygen atoms in total. The van der Waals surface area contributed by atoms with Crippen LogP contribution in [0.25, 0.3) is 11.4 Å². The standard InChI is InChI=1S/C31H26FN5O4S2/c1-3-16-41-21-13-11-19(12-14-21)26-24(27(38)25-18(2)33-23-10-6-7-15-36(23)25)28(39)29(40)37(26)30-34-35-31(43-30)42-17-20-8-4-5-9-22(20)32/h4-15,26,38H,3,16-17H2,1-2H3/b27-24+. The fourth-order valence-electron chi connectivity index (χ4n) is 4.95. The van der Waals surface area contributed by atoms with E-state index in [4.69, 9.17) is 4.74 Å². The number of nitrogens with zero attached hydrogens (tertiary/aromatic N) is 5. The van der Waals surface area contributed by atoms with Crippen molar-refractivity contribution in [1.29, 1.82) is 0 Å². The number of pyridine rings is 1. The van der Waals surface area contributed by atoms with Crippen LogP contribution in [0, 0.1) is 12.7 Å². The number of thioether (sulfide) groups is 1. The Balaban J connectivity index is 1.43. The van der Waals surface area contributed by atoms with Crippen LogP contribution >= 0.6 is 23.1 Å². The number of carbonyl (C=O) groups is 2. The fourth-order valence-corrected chi connectivity index (χ4v) is 6.80. The van der Waals surface area contributed by atoms with Crippen molar-refractivity contribution in [2.75, 3.05) is 11.5 Å². The van der Waals surface area contributed by atoms with Crippen molar-refractivity contribution >= 4 is 51.3 Å². The number of amides is 1. The zero-order chi connectivity index (χ0) is 30.1. The number of fused-ring (bicyclic) bond motifs is 1. The molecule has 1 unspecified atom stereocenters. The number of hydrogen-bond acceptors (Lipinski definition) is 9. The first-order valence-corrected chi connectivity index (χ1v) is 15.3. The van der Waals surface area contributed by atoms with E-state index in [0.29, 0.717) is 50.6 Å². The third-order valence-corrected chi connectivity index (χ3v) is 9.06. The van der Waals surface area contributed by atoms with Crippen molar-refractivity contribution < 1.29 is 23.8 Å². The third kappa shape index (κ3) is 5.39. The summed E-state index contributed by atoms with van der Waals surface area (Å²) >= 11 is 2.39. The van der Waals surface area contributed by atoms with Crippen LogP contribution in [-0.2, 0) is 15.3 Å². The van der Waals surface area contributed by atoms with E-state index in [9.17, 15) is 19.1 Å². The molecule has 1 saturated heterocycles. The van der Waals surface area contributed by atoms with Gasteiger partial charge in [-0.15, -0.1) is 10.2 Å². The van der Waals surface area contributed by atoms with E-state index in [2.05, 4.69) is 15.2 Å². The Morgan fingerprint density at radius 1 is 1.07 bits per heavy atom. The van der Waals surface area contributed by atoms with Gasteiger partial charge in [0.2, 0.25) is 5.13 Å². The van der Waals surface area contributed by atoms with E-state index in [1.807, 2.05) is 13.0 Å². The summed E-state index contributed by atoms with van der Waals surface area (Å²) in [6.45, 7) is 4.29. The van der Waals surface area contributed by atoms with Crippen LogP contribution in [-0.4, -0.2) is 43.0 Å². The first kappa shape index (κ1) is 28.6. The first-order chi connectivity index (χ1) is 20.9. The maximum Gasteiger partial charge on any atom is 0.301 e. The number of ketones is 1. The fraction of sp³-hybridized carbons (Fsp3) is 0.194. The molecule has 4 heterocycles. The van der Waals surface area contributed by atoms with Crippen LogP contribution in [0.4, 0.5) is 9.52 Å². The van der Waals surface area contributed by atoms with Gasteiger partial charge in [0.15, 0.2) is 10.1 Å². The normalized spacial score (nSPS) is 16.3. The average molecular weight is 616 g/mol. The summed E-state index contributed by atoms with van der Waals surface area (Å²) in [5.41, 5.74) is 2.41. The molecular formula is C31H26FN5O4S2. The van der Waals surface area contributed by atoms with Crippen LogP contribution in [0.15, 0.2) is 82.8 Å². The number of aliphatic hydroxyl groups is 1. The van der Waals surface area contributed by atoms with Gasteiger partial charge < -0.3 is 9.84 Å². The summed E-state index contributed by atoms with van der Waals surface area (Å²) in [5.74, 6) is -1.40. The number of imidazole rings is 1. The zero-order valence-corrected chi connectivity index (χ0v) is 24.9. The van der Waals surface area contributed by atoms with Gasteiger partial charge >= 0.3 is 5.91 Å². The number of benzene rings is 2. The minimum atomic E-state index is -0.994. The molecule has 0 radical (unpaired) electrons. The van der Waals surface area contributed by atoms with Crippen LogP contribution < -0.4 is 9.64 Å². The third-order valence-electron chi connectivity index (χ3n) is 6.95. The van der Waals surface area contributed by atoms with Gasteiger partial charge in [-0.1, -0.05) is 66.4 Å². The van der Waals surface area contributed by atoms with Crippen molar-refractivity contribution in [3.63, 3.8) is 0 Å². The predicted octanol–water partition coefficient (Wildman–Crippen LogP) is 6.34. The SMILES string of the molecule is CCCOc1ccc(C2/C(=C(\O)c3c(C)nc4ccccn34)C(=O)C(=O)N2c2nnc(SCc3ccccc3F)s2)cc1. The van der Waals surface area contributed by atoms with Crippen LogP contribution in [0.3, 0.4) is 0 Å². The van der Waals surface area contributed by atoms with Gasteiger partial charge in [-0.2, -0.15) is 0 Å². The highest BCUT2D eigenvalue weighted by molar-refractivity contribution is 8.00. The number of rotatable bonds is 9. The van der Waals surface area contributed by atoms with E-state index in [1.54, 1.807) is 72.1 Å². The van der Waals surface area contributed by atoms with Crippen LogP contribution in [0.2, 0.25) is 0 Å². The van der Waals surface area contributed by atoms with E-state index in [-0.39, 0.29) is 22.3 Å². The number of aryl methyl sites for hydroxylation is 1. The predicted molar refractivity (Wildman–Crippen MR) is 163 cm³/mol. The lowest BCUT2D eigenvalue weighted by Gasteiger charge is -2.22. The van der Waals surface area contributed by atoms with E-state index >= 15 is 0 Å². The molecular weight excluding hydrogens is 590 g/mol. The number of halogens is 1. The number of aliphatic hydroxyl groups excluding tert-OH is 1. The molecule has 1 N–H and O–H groups in total. The van der Waals surface area contributed by atoms with Crippen LogP contribution in [0.5, 0.6) is 5.75 Å². The molecule has 12 heteroatoms. The van der Waals surface area contributed by atoms with Crippen LogP contribution in [0.1, 0.15) is 41.9 Å². The van der Waals surface area contributed by atoms with Gasteiger partial charge in [-0.05, 0) is 54.8 Å². The Bertz CT molecular complexity index is 1870. The molecule has 1 fully saturated rings. The number of hydrogen-bond donors (Lipinski definition) is 1. The highest BCUT2D eigenvalue weighted by Gasteiger charge is 2.49. The molecule has 6 rings (SSSR count). The van der Waals surface area contributed by atoms with Crippen molar-refractivity contribution in [1.82, 2.24) is 19.6 Å².